The first kappa shape index (κ1) is 22.5. The fourth-order valence-electron chi connectivity index (χ4n) is 2.39. The fourth-order valence-corrected chi connectivity index (χ4v) is 2.56. The molecule has 0 radical (unpaired) electrons. The van der Waals surface area contributed by atoms with Gasteiger partial charge in [0.05, 0.1) is 12.1 Å². The van der Waals surface area contributed by atoms with Gasteiger partial charge in [0.2, 0.25) is 0 Å². The standard InChI is InChI=1S/C21H23ClFNO5/c1-21(2,3)29-20(26)24-18(19(25)27-4)11-13-5-7-14(8-6-13)28-15-9-10-17(23)16(22)12-15/h5-10,12,18H,11H2,1-4H3,(H,24,26)/t18-/m1/s1. The Labute approximate surface area is 173 Å². The van der Waals surface area contributed by atoms with Gasteiger partial charge in [0.1, 0.15) is 29.0 Å². The third-order valence-electron chi connectivity index (χ3n) is 3.67. The number of esters is 1. The van der Waals surface area contributed by atoms with Crippen molar-refractivity contribution >= 4 is 23.7 Å². The topological polar surface area (TPSA) is 73.9 Å². The molecular weight excluding hydrogens is 401 g/mol. The number of carbonyl (C=O) groups excluding carboxylic acids is 2. The number of hydrogen-bond acceptors (Lipinski definition) is 5. The lowest BCUT2D eigenvalue weighted by Gasteiger charge is -2.22. The van der Waals surface area contributed by atoms with Gasteiger partial charge in [-0.3, -0.25) is 0 Å². The summed E-state index contributed by atoms with van der Waals surface area (Å²) in [5.74, 6) is -0.216. The van der Waals surface area contributed by atoms with Crippen LogP contribution < -0.4 is 10.1 Å². The second kappa shape index (κ2) is 9.60. The molecule has 156 valence electrons. The van der Waals surface area contributed by atoms with Crippen molar-refractivity contribution < 1.29 is 28.2 Å². The molecule has 8 heteroatoms. The maximum Gasteiger partial charge on any atom is 0.408 e. The van der Waals surface area contributed by atoms with Crippen LogP contribution in [0.1, 0.15) is 26.3 Å². The minimum Gasteiger partial charge on any atom is -0.467 e. The average molecular weight is 424 g/mol. The van der Waals surface area contributed by atoms with Crippen molar-refractivity contribution in [2.24, 2.45) is 0 Å². The first-order valence-electron chi connectivity index (χ1n) is 8.86. The highest BCUT2D eigenvalue weighted by atomic mass is 35.5. The summed E-state index contributed by atoms with van der Waals surface area (Å²) >= 11 is 5.74. The lowest BCUT2D eigenvalue weighted by molar-refractivity contribution is -0.143. The first-order valence-corrected chi connectivity index (χ1v) is 9.24. The van der Waals surface area contributed by atoms with Crippen LogP contribution in [0, 0.1) is 5.82 Å². The van der Waals surface area contributed by atoms with Crippen molar-refractivity contribution in [2.75, 3.05) is 7.11 Å². The Morgan fingerprint density at radius 3 is 2.28 bits per heavy atom. The molecule has 0 aliphatic carbocycles. The number of hydrogen-bond donors (Lipinski definition) is 1. The number of rotatable bonds is 6. The monoisotopic (exact) mass is 423 g/mol. The number of ether oxygens (including phenoxy) is 3. The van der Waals surface area contributed by atoms with E-state index in [1.165, 1.54) is 25.3 Å². The molecule has 0 fully saturated rings. The molecule has 0 saturated heterocycles. The van der Waals surface area contributed by atoms with E-state index >= 15 is 0 Å². The van der Waals surface area contributed by atoms with Gasteiger partial charge in [-0.2, -0.15) is 0 Å². The van der Waals surface area contributed by atoms with Crippen LogP contribution in [0.2, 0.25) is 5.02 Å². The Morgan fingerprint density at radius 1 is 1.10 bits per heavy atom. The maximum absolute atomic E-state index is 13.2. The Bertz CT molecular complexity index is 864. The number of carbonyl (C=O) groups is 2. The van der Waals surface area contributed by atoms with Crippen molar-refractivity contribution in [2.45, 2.75) is 38.8 Å². The van der Waals surface area contributed by atoms with E-state index in [1.54, 1.807) is 45.0 Å². The largest absolute Gasteiger partial charge is 0.467 e. The molecule has 2 aromatic rings. The molecule has 29 heavy (non-hydrogen) atoms. The van der Waals surface area contributed by atoms with Crippen LogP contribution in [0.3, 0.4) is 0 Å². The van der Waals surface area contributed by atoms with Crippen molar-refractivity contribution in [3.05, 3.63) is 58.9 Å². The Hall–Kier alpha value is -2.80. The van der Waals surface area contributed by atoms with E-state index in [0.29, 0.717) is 11.5 Å². The van der Waals surface area contributed by atoms with Crippen LogP contribution in [0.5, 0.6) is 11.5 Å². The van der Waals surface area contributed by atoms with Crippen LogP contribution in [0.15, 0.2) is 42.5 Å². The molecule has 0 aliphatic heterocycles. The smallest absolute Gasteiger partial charge is 0.408 e. The number of halogens is 2. The summed E-state index contributed by atoms with van der Waals surface area (Å²) < 4.78 is 28.8. The molecule has 1 amide bonds. The SMILES string of the molecule is COC(=O)[C@@H](Cc1ccc(Oc2ccc(F)c(Cl)c2)cc1)NC(=O)OC(C)(C)C. The molecule has 6 nitrogen and oxygen atoms in total. The van der Waals surface area contributed by atoms with Crippen LogP contribution >= 0.6 is 11.6 Å². The van der Waals surface area contributed by atoms with Gasteiger partial charge >= 0.3 is 12.1 Å². The second-order valence-electron chi connectivity index (χ2n) is 7.25. The molecule has 2 aromatic carbocycles. The molecule has 1 atom stereocenters. The number of nitrogens with one attached hydrogen (secondary N) is 1. The zero-order valence-electron chi connectivity index (χ0n) is 16.6. The summed E-state index contributed by atoms with van der Waals surface area (Å²) in [6, 6.07) is 10.0. The highest BCUT2D eigenvalue weighted by Crippen LogP contribution is 2.26. The summed E-state index contributed by atoms with van der Waals surface area (Å²) in [6.45, 7) is 5.19. The lowest BCUT2D eigenvalue weighted by atomic mass is 10.1. The van der Waals surface area contributed by atoms with Crippen LogP contribution in [0.4, 0.5) is 9.18 Å². The predicted molar refractivity (Wildman–Crippen MR) is 107 cm³/mol. The van der Waals surface area contributed by atoms with Gasteiger partial charge in [0, 0.05) is 12.5 Å². The minimum absolute atomic E-state index is 0.0340. The van der Waals surface area contributed by atoms with Crippen LogP contribution in [-0.4, -0.2) is 30.8 Å². The van der Waals surface area contributed by atoms with E-state index in [0.717, 1.165) is 5.56 Å². The molecular formula is C21H23ClFNO5. The highest BCUT2D eigenvalue weighted by molar-refractivity contribution is 6.30. The minimum atomic E-state index is -0.905. The Kier molecular flexibility index (Phi) is 7.45. The zero-order valence-corrected chi connectivity index (χ0v) is 17.4. The van der Waals surface area contributed by atoms with Gasteiger partial charge in [-0.05, 0) is 50.6 Å². The van der Waals surface area contributed by atoms with E-state index in [4.69, 9.17) is 25.8 Å². The molecule has 0 heterocycles. The van der Waals surface area contributed by atoms with Gasteiger partial charge in [-0.1, -0.05) is 23.7 Å². The quantitative estimate of drug-likeness (QED) is 0.670. The van der Waals surface area contributed by atoms with Crippen molar-refractivity contribution in [3.8, 4) is 11.5 Å². The highest BCUT2D eigenvalue weighted by Gasteiger charge is 2.25. The fraction of sp³-hybridized carbons (Fsp3) is 0.333. The van der Waals surface area contributed by atoms with Crippen molar-refractivity contribution in [3.63, 3.8) is 0 Å². The summed E-state index contributed by atoms with van der Waals surface area (Å²) in [7, 11) is 1.25. The van der Waals surface area contributed by atoms with E-state index in [1.807, 2.05) is 0 Å². The number of benzene rings is 2. The van der Waals surface area contributed by atoms with Gasteiger partial charge in [0.25, 0.3) is 0 Å². The van der Waals surface area contributed by atoms with Gasteiger partial charge in [0.15, 0.2) is 0 Å². The summed E-state index contributed by atoms with van der Waals surface area (Å²) in [5, 5.41) is 2.49. The third-order valence-corrected chi connectivity index (χ3v) is 3.96. The first-order chi connectivity index (χ1) is 13.6. The van der Waals surface area contributed by atoms with Crippen molar-refractivity contribution in [1.29, 1.82) is 0 Å². The molecule has 0 aliphatic rings. The number of alkyl carbamates (subject to hydrolysis) is 1. The summed E-state index contributed by atoms with van der Waals surface area (Å²) in [4.78, 5) is 24.0. The Morgan fingerprint density at radius 2 is 1.72 bits per heavy atom. The maximum atomic E-state index is 13.2. The predicted octanol–water partition coefficient (Wildman–Crippen LogP) is 4.88. The number of amides is 1. The average Bonchev–Trinajstić information content (AvgIpc) is 2.63. The summed E-state index contributed by atoms with van der Waals surface area (Å²) in [6.07, 6.45) is -0.504. The molecule has 2 rings (SSSR count). The van der Waals surface area contributed by atoms with E-state index < -0.39 is 29.5 Å². The van der Waals surface area contributed by atoms with Gasteiger partial charge in [-0.25, -0.2) is 14.0 Å². The van der Waals surface area contributed by atoms with E-state index in [9.17, 15) is 14.0 Å². The summed E-state index contributed by atoms with van der Waals surface area (Å²) in [5.41, 5.74) is 0.0773. The Balaban J connectivity index is 2.04. The molecule has 0 spiro atoms. The van der Waals surface area contributed by atoms with Crippen LogP contribution in [-0.2, 0) is 20.7 Å². The third kappa shape index (κ3) is 7.27. The van der Waals surface area contributed by atoms with Gasteiger partial charge in [-0.15, -0.1) is 0 Å². The zero-order chi connectivity index (χ0) is 21.6. The van der Waals surface area contributed by atoms with Gasteiger partial charge < -0.3 is 19.5 Å². The van der Waals surface area contributed by atoms with E-state index in [-0.39, 0.29) is 11.4 Å². The molecule has 0 saturated carbocycles. The molecule has 0 aromatic heterocycles. The molecule has 1 N–H and O–H groups in total. The molecule has 0 bridgehead atoms. The van der Waals surface area contributed by atoms with E-state index in [2.05, 4.69) is 5.32 Å². The van der Waals surface area contributed by atoms with Crippen LogP contribution in [0.25, 0.3) is 0 Å². The number of methoxy groups -OCH3 is 1. The molecule has 0 unspecified atom stereocenters. The lowest BCUT2D eigenvalue weighted by Crippen LogP contribution is -2.45. The second-order valence-corrected chi connectivity index (χ2v) is 7.66. The normalized spacial score (nSPS) is 12.1. The van der Waals surface area contributed by atoms with Crippen molar-refractivity contribution in [1.82, 2.24) is 5.32 Å².